The Balaban J connectivity index is 1.89. The molecule has 110 valence electrons. The normalized spacial score (nSPS) is 21.9. The molecule has 0 aromatic carbocycles. The van der Waals surface area contributed by atoms with Crippen LogP contribution in [0.2, 0.25) is 0 Å². The van der Waals surface area contributed by atoms with Gasteiger partial charge in [0.15, 0.2) is 4.34 Å². The molecule has 20 heavy (non-hydrogen) atoms. The van der Waals surface area contributed by atoms with Gasteiger partial charge in [-0.3, -0.25) is 9.59 Å². The molecule has 7 nitrogen and oxygen atoms in total. The van der Waals surface area contributed by atoms with Crippen molar-refractivity contribution in [3.05, 3.63) is 0 Å². The van der Waals surface area contributed by atoms with E-state index in [0.717, 1.165) is 18.2 Å². The van der Waals surface area contributed by atoms with Crippen LogP contribution in [0.15, 0.2) is 4.34 Å². The molecular formula is C11H15N3O4S2. The molecule has 0 bridgehead atoms. The van der Waals surface area contributed by atoms with Crippen molar-refractivity contribution >= 4 is 40.1 Å². The molecular weight excluding hydrogens is 302 g/mol. The number of carboxylic acids is 1. The highest BCUT2D eigenvalue weighted by Gasteiger charge is 2.33. The van der Waals surface area contributed by atoms with Crippen LogP contribution in [0, 0.1) is 5.92 Å². The highest BCUT2D eigenvalue weighted by molar-refractivity contribution is 8.01. The molecule has 9 heteroatoms. The largest absolute Gasteiger partial charge is 0.481 e. The number of thioether (sulfide) groups is 1. The van der Waals surface area contributed by atoms with Gasteiger partial charge in [-0.1, -0.05) is 30.0 Å². The van der Waals surface area contributed by atoms with E-state index in [1.807, 2.05) is 6.92 Å². The number of rotatable bonds is 6. The van der Waals surface area contributed by atoms with E-state index in [-0.39, 0.29) is 23.7 Å². The predicted octanol–water partition coefficient (Wildman–Crippen LogP) is 1.47. The smallest absolute Gasteiger partial charge is 0.313 e. The lowest BCUT2D eigenvalue weighted by atomic mass is 9.99. The maximum atomic E-state index is 12.1. The molecule has 2 unspecified atom stereocenters. The first-order chi connectivity index (χ1) is 9.60. The van der Waals surface area contributed by atoms with E-state index in [1.165, 1.54) is 11.3 Å². The van der Waals surface area contributed by atoms with Crippen LogP contribution >= 0.6 is 23.1 Å². The third kappa shape index (κ3) is 3.90. The van der Waals surface area contributed by atoms with Crippen LogP contribution in [-0.4, -0.2) is 45.6 Å². The molecule has 0 saturated carbocycles. The molecule has 1 saturated heterocycles. The number of anilines is 1. The van der Waals surface area contributed by atoms with Crippen LogP contribution in [0.5, 0.6) is 0 Å². The van der Waals surface area contributed by atoms with Gasteiger partial charge in [-0.05, 0) is 12.8 Å². The second kappa shape index (κ2) is 7.00. The summed E-state index contributed by atoms with van der Waals surface area (Å²) in [5.41, 5.74) is 0. The third-order valence-corrected chi connectivity index (χ3v) is 4.86. The van der Waals surface area contributed by atoms with Crippen molar-refractivity contribution in [3.8, 4) is 0 Å². The summed E-state index contributed by atoms with van der Waals surface area (Å²) in [5.74, 6) is -1.25. The fourth-order valence-corrected chi connectivity index (χ4v) is 3.47. The fraction of sp³-hybridized carbons (Fsp3) is 0.636. The molecule has 1 aromatic heterocycles. The number of aromatic nitrogens is 2. The van der Waals surface area contributed by atoms with Gasteiger partial charge in [0.25, 0.3) is 0 Å². The van der Waals surface area contributed by atoms with Gasteiger partial charge in [0.05, 0.1) is 17.8 Å². The van der Waals surface area contributed by atoms with Gasteiger partial charge < -0.3 is 15.2 Å². The van der Waals surface area contributed by atoms with Crippen molar-refractivity contribution in [2.45, 2.75) is 30.2 Å². The van der Waals surface area contributed by atoms with E-state index in [0.29, 0.717) is 22.5 Å². The van der Waals surface area contributed by atoms with Crippen molar-refractivity contribution in [1.82, 2.24) is 10.2 Å². The third-order valence-electron chi connectivity index (χ3n) is 2.90. The first kappa shape index (κ1) is 15.2. The molecule has 2 atom stereocenters. The van der Waals surface area contributed by atoms with E-state index in [2.05, 4.69) is 15.5 Å². The molecule has 0 radical (unpaired) electrons. The summed E-state index contributed by atoms with van der Waals surface area (Å²) in [6.45, 7) is 2.59. The number of ether oxygens (including phenoxy) is 1. The van der Waals surface area contributed by atoms with Gasteiger partial charge in [0, 0.05) is 6.61 Å². The summed E-state index contributed by atoms with van der Waals surface area (Å²) in [7, 11) is 0. The van der Waals surface area contributed by atoms with E-state index < -0.39 is 5.97 Å². The summed E-state index contributed by atoms with van der Waals surface area (Å²) in [5, 5.41) is 19.4. The standard InChI is InChI=1S/C11H15N3O4S2/c1-2-7-6(3-4-18-7)9(17)12-10-13-14-11(20-10)19-5-8(15)16/h6-7H,2-5H2,1H3,(H,15,16)(H,12,13,17). The second-order valence-corrected chi connectivity index (χ2v) is 6.46. The fourth-order valence-electron chi connectivity index (χ4n) is 1.99. The lowest BCUT2D eigenvalue weighted by molar-refractivity contribution is -0.134. The first-order valence-electron chi connectivity index (χ1n) is 6.20. The minimum absolute atomic E-state index is 0.0382. The van der Waals surface area contributed by atoms with Crippen LogP contribution in [0.1, 0.15) is 19.8 Å². The zero-order chi connectivity index (χ0) is 14.5. The lowest BCUT2D eigenvalue weighted by Gasteiger charge is -2.14. The monoisotopic (exact) mass is 317 g/mol. The Morgan fingerprint density at radius 3 is 3.05 bits per heavy atom. The number of carbonyl (C=O) groups excluding carboxylic acids is 1. The molecule has 1 aliphatic rings. The number of carboxylic acid groups (broad SMARTS) is 1. The maximum absolute atomic E-state index is 12.1. The summed E-state index contributed by atoms with van der Waals surface area (Å²) in [6, 6.07) is 0. The molecule has 0 aliphatic carbocycles. The molecule has 2 heterocycles. The highest BCUT2D eigenvalue weighted by Crippen LogP contribution is 2.28. The molecule has 1 aliphatic heterocycles. The van der Waals surface area contributed by atoms with Gasteiger partial charge in [-0.15, -0.1) is 10.2 Å². The SMILES string of the molecule is CCC1OCCC1C(=O)Nc1nnc(SCC(=O)O)s1. The topological polar surface area (TPSA) is 101 Å². The minimum atomic E-state index is -0.912. The number of nitrogens with zero attached hydrogens (tertiary/aromatic N) is 2. The van der Waals surface area contributed by atoms with Crippen molar-refractivity contribution in [2.75, 3.05) is 17.7 Å². The Kier molecular flexibility index (Phi) is 5.32. The number of aliphatic carboxylic acids is 1. The minimum Gasteiger partial charge on any atom is -0.481 e. The highest BCUT2D eigenvalue weighted by atomic mass is 32.2. The summed E-state index contributed by atoms with van der Waals surface area (Å²) < 4.78 is 6.01. The van der Waals surface area contributed by atoms with E-state index in [1.54, 1.807) is 0 Å². The average Bonchev–Trinajstić information content (AvgIpc) is 3.04. The van der Waals surface area contributed by atoms with E-state index in [9.17, 15) is 9.59 Å². The summed E-state index contributed by atoms with van der Waals surface area (Å²) in [6.07, 6.45) is 1.47. The molecule has 1 amide bonds. The Hall–Kier alpha value is -1.19. The van der Waals surface area contributed by atoms with Crippen molar-refractivity contribution in [3.63, 3.8) is 0 Å². The van der Waals surface area contributed by atoms with Gasteiger partial charge in [0.2, 0.25) is 11.0 Å². The summed E-state index contributed by atoms with van der Waals surface area (Å²) >= 11 is 2.26. The molecule has 0 spiro atoms. The number of amides is 1. The van der Waals surface area contributed by atoms with Crippen LogP contribution in [-0.2, 0) is 14.3 Å². The van der Waals surface area contributed by atoms with Crippen molar-refractivity contribution < 1.29 is 19.4 Å². The summed E-state index contributed by atoms with van der Waals surface area (Å²) in [4.78, 5) is 22.6. The van der Waals surface area contributed by atoms with Gasteiger partial charge >= 0.3 is 5.97 Å². The molecule has 1 aromatic rings. The predicted molar refractivity (Wildman–Crippen MR) is 75.0 cm³/mol. The van der Waals surface area contributed by atoms with Gasteiger partial charge in [-0.2, -0.15) is 0 Å². The number of carbonyl (C=O) groups is 2. The Morgan fingerprint density at radius 2 is 2.35 bits per heavy atom. The van der Waals surface area contributed by atoms with Crippen molar-refractivity contribution in [1.29, 1.82) is 0 Å². The lowest BCUT2D eigenvalue weighted by Crippen LogP contribution is -2.29. The number of hydrogen-bond donors (Lipinski definition) is 2. The zero-order valence-electron chi connectivity index (χ0n) is 10.9. The van der Waals surface area contributed by atoms with Crippen LogP contribution in [0.4, 0.5) is 5.13 Å². The molecule has 2 N–H and O–H groups in total. The Labute approximate surface area is 124 Å². The second-order valence-electron chi connectivity index (χ2n) is 4.26. The van der Waals surface area contributed by atoms with Crippen molar-refractivity contribution in [2.24, 2.45) is 5.92 Å². The van der Waals surface area contributed by atoms with Crippen LogP contribution in [0.3, 0.4) is 0 Å². The van der Waals surface area contributed by atoms with Crippen LogP contribution in [0.25, 0.3) is 0 Å². The first-order valence-corrected chi connectivity index (χ1v) is 8.01. The number of hydrogen-bond acceptors (Lipinski definition) is 7. The van der Waals surface area contributed by atoms with Crippen LogP contribution < -0.4 is 5.32 Å². The maximum Gasteiger partial charge on any atom is 0.313 e. The quantitative estimate of drug-likeness (QED) is 0.605. The Morgan fingerprint density at radius 1 is 1.55 bits per heavy atom. The van der Waals surface area contributed by atoms with E-state index in [4.69, 9.17) is 9.84 Å². The number of nitrogens with one attached hydrogen (secondary N) is 1. The molecule has 2 rings (SSSR count). The zero-order valence-corrected chi connectivity index (χ0v) is 12.5. The molecule has 1 fully saturated rings. The Bertz CT molecular complexity index is 494. The van der Waals surface area contributed by atoms with Gasteiger partial charge in [0.1, 0.15) is 0 Å². The van der Waals surface area contributed by atoms with E-state index >= 15 is 0 Å². The average molecular weight is 317 g/mol. The van der Waals surface area contributed by atoms with Gasteiger partial charge in [-0.25, -0.2) is 0 Å².